The molecule has 4 rings (SSSR count). The molecule has 1 fully saturated rings. The minimum Gasteiger partial charge on any atom is -0.504 e. The number of rotatable bonds is 9. The van der Waals surface area contributed by atoms with Gasteiger partial charge in [-0.15, -0.1) is 0 Å². The number of ether oxygens (including phenoxy) is 5. The van der Waals surface area contributed by atoms with Crippen LogP contribution in [0.3, 0.4) is 0 Å². The Labute approximate surface area is 209 Å². The van der Waals surface area contributed by atoms with Crippen LogP contribution in [0, 0.1) is 0 Å². The van der Waals surface area contributed by atoms with Gasteiger partial charge < -0.3 is 49.2 Å². The molecule has 10 nitrogen and oxygen atoms in total. The standard InChI is InChI=1S/C26H34O10/c1-13-21(29)22(30)23(31)26(35-13)34-8-4-5-14-9-16-17(12-27)24(36-25(16)20(10-14)33-3)15-6-7-18(28)19(11-15)32-2/h6-7,9-11,13,17,21-24,26-31H,4-5,8,12H2,1-3H3/t13-,17+,21-,22+,23+,24-,26+/m0/s1. The van der Waals surface area contributed by atoms with Gasteiger partial charge in [-0.2, -0.15) is 0 Å². The molecule has 0 aromatic heterocycles. The molecule has 0 amide bonds. The van der Waals surface area contributed by atoms with Gasteiger partial charge in [0.15, 0.2) is 29.3 Å². The van der Waals surface area contributed by atoms with Gasteiger partial charge in [0.05, 0.1) is 39.5 Å². The number of aromatic hydroxyl groups is 1. The summed E-state index contributed by atoms with van der Waals surface area (Å²) in [6, 6.07) is 8.81. The predicted octanol–water partition coefficient (Wildman–Crippen LogP) is 1.40. The van der Waals surface area contributed by atoms with Crippen molar-refractivity contribution in [2.45, 2.75) is 62.5 Å². The largest absolute Gasteiger partial charge is 0.504 e. The second-order valence-corrected chi connectivity index (χ2v) is 9.13. The third-order valence-corrected chi connectivity index (χ3v) is 6.80. The van der Waals surface area contributed by atoms with Crippen LogP contribution in [0.1, 0.15) is 42.1 Å². The number of aliphatic hydroxyl groups excluding tert-OH is 4. The van der Waals surface area contributed by atoms with Gasteiger partial charge in [-0.3, -0.25) is 0 Å². The minimum atomic E-state index is -1.34. The highest BCUT2D eigenvalue weighted by molar-refractivity contribution is 5.56. The lowest BCUT2D eigenvalue weighted by Crippen LogP contribution is -2.57. The van der Waals surface area contributed by atoms with E-state index in [1.807, 2.05) is 12.1 Å². The molecule has 0 bridgehead atoms. The minimum absolute atomic E-state index is 0.0192. The lowest BCUT2D eigenvalue weighted by Gasteiger charge is -2.38. The number of hydrogen-bond donors (Lipinski definition) is 5. The van der Waals surface area contributed by atoms with Gasteiger partial charge in [0.1, 0.15) is 24.4 Å². The van der Waals surface area contributed by atoms with Crippen molar-refractivity contribution in [2.75, 3.05) is 27.4 Å². The van der Waals surface area contributed by atoms with E-state index >= 15 is 0 Å². The smallest absolute Gasteiger partial charge is 0.186 e. The average Bonchev–Trinajstić information content (AvgIpc) is 3.26. The van der Waals surface area contributed by atoms with Crippen LogP contribution in [-0.2, 0) is 15.9 Å². The molecular weight excluding hydrogens is 472 g/mol. The van der Waals surface area contributed by atoms with Crippen molar-refractivity contribution in [2.24, 2.45) is 0 Å². The van der Waals surface area contributed by atoms with Crippen molar-refractivity contribution in [3.8, 4) is 23.0 Å². The molecule has 0 unspecified atom stereocenters. The molecule has 5 N–H and O–H groups in total. The number of phenols is 1. The number of phenolic OH excluding ortho intramolecular Hbond substituents is 1. The lowest BCUT2D eigenvalue weighted by molar-refractivity contribution is -0.293. The Morgan fingerprint density at radius 2 is 1.69 bits per heavy atom. The summed E-state index contributed by atoms with van der Waals surface area (Å²) in [5, 5.41) is 50.0. The molecule has 0 spiro atoms. The third-order valence-electron chi connectivity index (χ3n) is 6.80. The summed E-state index contributed by atoms with van der Waals surface area (Å²) in [6.07, 6.45) is -4.82. The maximum absolute atomic E-state index is 10.2. The van der Waals surface area contributed by atoms with E-state index in [0.717, 1.165) is 16.7 Å². The first-order valence-corrected chi connectivity index (χ1v) is 12.0. The van der Waals surface area contributed by atoms with E-state index in [-0.39, 0.29) is 24.9 Å². The fraction of sp³-hybridized carbons (Fsp3) is 0.538. The average molecular weight is 507 g/mol. The van der Waals surface area contributed by atoms with Gasteiger partial charge in [0.25, 0.3) is 0 Å². The quantitative estimate of drug-likeness (QED) is 0.316. The fourth-order valence-corrected chi connectivity index (χ4v) is 4.75. The van der Waals surface area contributed by atoms with Gasteiger partial charge in [-0.1, -0.05) is 12.1 Å². The summed E-state index contributed by atoms with van der Waals surface area (Å²) < 4.78 is 28.1. The van der Waals surface area contributed by atoms with Crippen LogP contribution in [0.4, 0.5) is 0 Å². The van der Waals surface area contributed by atoms with E-state index in [2.05, 4.69) is 0 Å². The Kier molecular flexibility index (Phi) is 8.23. The van der Waals surface area contributed by atoms with E-state index in [1.54, 1.807) is 26.2 Å². The molecule has 2 aromatic carbocycles. The lowest BCUT2D eigenvalue weighted by atomic mass is 9.90. The zero-order chi connectivity index (χ0) is 26.0. The van der Waals surface area contributed by atoms with Gasteiger partial charge in [-0.05, 0) is 49.1 Å². The number of aliphatic hydroxyl groups is 4. The van der Waals surface area contributed by atoms with Crippen LogP contribution in [0.15, 0.2) is 30.3 Å². The van der Waals surface area contributed by atoms with E-state index in [9.17, 15) is 25.5 Å². The Morgan fingerprint density at radius 3 is 2.39 bits per heavy atom. The molecule has 10 heteroatoms. The number of benzene rings is 2. The van der Waals surface area contributed by atoms with Crippen LogP contribution >= 0.6 is 0 Å². The highest BCUT2D eigenvalue weighted by Crippen LogP contribution is 2.51. The molecule has 0 aliphatic carbocycles. The zero-order valence-corrected chi connectivity index (χ0v) is 20.5. The van der Waals surface area contributed by atoms with Crippen LogP contribution < -0.4 is 14.2 Å². The summed E-state index contributed by atoms with van der Waals surface area (Å²) in [7, 11) is 3.03. The number of aryl methyl sites for hydroxylation is 1. The van der Waals surface area contributed by atoms with Crippen LogP contribution in [0.25, 0.3) is 0 Å². The summed E-state index contributed by atoms with van der Waals surface area (Å²) >= 11 is 0. The van der Waals surface area contributed by atoms with Crippen molar-refractivity contribution in [1.82, 2.24) is 0 Å². The van der Waals surface area contributed by atoms with E-state index in [1.165, 1.54) is 13.2 Å². The first-order valence-electron chi connectivity index (χ1n) is 12.0. The molecular formula is C26H34O10. The monoisotopic (exact) mass is 506 g/mol. The van der Waals surface area contributed by atoms with Crippen molar-refractivity contribution >= 4 is 0 Å². The normalized spacial score (nSPS) is 29.5. The van der Waals surface area contributed by atoms with Gasteiger partial charge in [0, 0.05) is 5.56 Å². The second-order valence-electron chi connectivity index (χ2n) is 9.13. The molecule has 36 heavy (non-hydrogen) atoms. The van der Waals surface area contributed by atoms with Crippen LogP contribution in [0.5, 0.6) is 23.0 Å². The van der Waals surface area contributed by atoms with Crippen LogP contribution in [0.2, 0.25) is 0 Å². The summed E-state index contributed by atoms with van der Waals surface area (Å²) in [5.74, 6) is 1.10. The van der Waals surface area contributed by atoms with Crippen molar-refractivity contribution in [3.05, 3.63) is 47.0 Å². The topological polar surface area (TPSA) is 147 Å². The number of hydrogen-bond acceptors (Lipinski definition) is 10. The van der Waals surface area contributed by atoms with Crippen LogP contribution in [-0.4, -0.2) is 83.7 Å². The summed E-state index contributed by atoms with van der Waals surface area (Å²) in [5.41, 5.74) is 2.53. The van der Waals surface area contributed by atoms with E-state index < -0.39 is 36.8 Å². The molecule has 2 aliphatic rings. The maximum Gasteiger partial charge on any atom is 0.186 e. The molecule has 0 saturated carbocycles. The summed E-state index contributed by atoms with van der Waals surface area (Å²) in [6.45, 7) is 1.71. The molecule has 198 valence electrons. The molecule has 2 aromatic rings. The highest BCUT2D eigenvalue weighted by Gasteiger charge is 2.42. The Balaban J connectivity index is 1.45. The Hall–Kier alpha value is -2.60. The molecule has 7 atom stereocenters. The predicted molar refractivity (Wildman–Crippen MR) is 127 cm³/mol. The summed E-state index contributed by atoms with van der Waals surface area (Å²) in [4.78, 5) is 0. The van der Waals surface area contributed by atoms with Crippen molar-refractivity contribution in [1.29, 1.82) is 0 Å². The van der Waals surface area contributed by atoms with Crippen molar-refractivity contribution in [3.63, 3.8) is 0 Å². The third kappa shape index (κ3) is 5.10. The SMILES string of the molecule is COc1cc([C@@H]2Oc3c(OC)cc(CCCO[C@@H]4O[C@@H](C)[C@H](O)[C@@H](O)[C@H]4O)cc3[C@H]2CO)ccc1O. The van der Waals surface area contributed by atoms with Gasteiger partial charge >= 0.3 is 0 Å². The number of fused-ring (bicyclic) bond motifs is 1. The first-order chi connectivity index (χ1) is 17.3. The molecule has 0 radical (unpaired) electrons. The maximum atomic E-state index is 10.2. The molecule has 2 heterocycles. The molecule has 2 aliphatic heterocycles. The van der Waals surface area contributed by atoms with E-state index in [0.29, 0.717) is 30.1 Å². The molecule has 1 saturated heterocycles. The number of methoxy groups -OCH3 is 2. The highest BCUT2D eigenvalue weighted by atomic mass is 16.7. The van der Waals surface area contributed by atoms with E-state index in [4.69, 9.17) is 23.7 Å². The van der Waals surface area contributed by atoms with Gasteiger partial charge in [-0.25, -0.2) is 0 Å². The second kappa shape index (κ2) is 11.2. The Bertz CT molecular complexity index is 1040. The van der Waals surface area contributed by atoms with Crippen molar-refractivity contribution < 1.29 is 49.2 Å². The Morgan fingerprint density at radius 1 is 0.944 bits per heavy atom. The first kappa shape index (κ1) is 26.5. The fourth-order valence-electron chi connectivity index (χ4n) is 4.75. The zero-order valence-electron chi connectivity index (χ0n) is 20.5. The van der Waals surface area contributed by atoms with Gasteiger partial charge in [0.2, 0.25) is 0 Å².